The largest absolute Gasteiger partial charge is 0.477 e. The Morgan fingerprint density at radius 3 is 2.40 bits per heavy atom. The van der Waals surface area contributed by atoms with Gasteiger partial charge in [0.15, 0.2) is 0 Å². The van der Waals surface area contributed by atoms with Crippen LogP contribution in [-0.4, -0.2) is 88.0 Å². The Morgan fingerprint density at radius 1 is 0.900 bits per heavy atom. The summed E-state index contributed by atoms with van der Waals surface area (Å²) in [7, 11) is 0. The van der Waals surface area contributed by atoms with Crippen molar-refractivity contribution in [2.75, 3.05) is 46.0 Å². The first-order chi connectivity index (χ1) is 19.6. The maximum Gasteiger partial charge on any atom is 0.254 e. The van der Waals surface area contributed by atoms with Crippen molar-refractivity contribution >= 4 is 22.8 Å². The van der Waals surface area contributed by atoms with Crippen molar-refractivity contribution in [2.24, 2.45) is 17.8 Å². The SMILES string of the molecule is O=C(c1cc(OCC2CCOCC2)nc(C2CC2)c1)N1CC[C@@H]2CN(C(=O)c3ccc4[nH]nnc4c3)C[C@@H]2CC1. The molecule has 5 heterocycles. The lowest BCUT2D eigenvalue weighted by Crippen LogP contribution is -2.34. The van der Waals surface area contributed by atoms with Gasteiger partial charge in [0.25, 0.3) is 11.8 Å². The molecule has 4 fully saturated rings. The number of H-pyrrole nitrogens is 1. The van der Waals surface area contributed by atoms with Crippen LogP contribution in [-0.2, 0) is 4.74 Å². The first kappa shape index (κ1) is 25.4. The van der Waals surface area contributed by atoms with E-state index in [4.69, 9.17) is 14.5 Å². The van der Waals surface area contributed by atoms with Crippen LogP contribution in [0.5, 0.6) is 5.88 Å². The third kappa shape index (κ3) is 5.29. The summed E-state index contributed by atoms with van der Waals surface area (Å²) in [6.07, 6.45) is 6.05. The van der Waals surface area contributed by atoms with Gasteiger partial charge >= 0.3 is 0 Å². The number of ether oxygens (including phenoxy) is 2. The number of aromatic amines is 1. The van der Waals surface area contributed by atoms with E-state index < -0.39 is 0 Å². The number of carbonyl (C=O) groups excluding carboxylic acids is 2. The number of carbonyl (C=O) groups is 2. The van der Waals surface area contributed by atoms with Gasteiger partial charge < -0.3 is 19.3 Å². The quantitative estimate of drug-likeness (QED) is 0.504. The molecule has 1 saturated carbocycles. The van der Waals surface area contributed by atoms with Gasteiger partial charge in [-0.15, -0.1) is 5.10 Å². The molecule has 2 aromatic heterocycles. The Hall–Kier alpha value is -3.53. The van der Waals surface area contributed by atoms with E-state index in [0.29, 0.717) is 65.9 Å². The number of rotatable bonds is 6. The molecule has 0 radical (unpaired) electrons. The van der Waals surface area contributed by atoms with Crippen LogP contribution < -0.4 is 4.74 Å². The number of hydrogen-bond acceptors (Lipinski definition) is 7. The van der Waals surface area contributed by atoms with E-state index in [2.05, 4.69) is 15.4 Å². The van der Waals surface area contributed by atoms with Crippen molar-refractivity contribution in [1.82, 2.24) is 30.2 Å². The minimum atomic E-state index is 0.0450. The molecule has 1 aliphatic carbocycles. The highest BCUT2D eigenvalue weighted by molar-refractivity contribution is 5.97. The molecule has 2 amide bonds. The van der Waals surface area contributed by atoms with Gasteiger partial charge in [0.1, 0.15) is 5.52 Å². The maximum atomic E-state index is 13.7. The summed E-state index contributed by atoms with van der Waals surface area (Å²) in [4.78, 5) is 35.7. The van der Waals surface area contributed by atoms with E-state index >= 15 is 0 Å². The van der Waals surface area contributed by atoms with Crippen molar-refractivity contribution in [1.29, 1.82) is 0 Å². The average Bonchev–Trinajstić information content (AvgIpc) is 3.66. The van der Waals surface area contributed by atoms with Gasteiger partial charge in [0.05, 0.1) is 12.1 Å². The number of aromatic nitrogens is 4. The Balaban J connectivity index is 0.994. The second kappa shape index (κ2) is 10.8. The standard InChI is InChI=1S/C30H36N6O4/c37-29(21-3-4-25-27(13-21)33-34-32-25)36-16-22-5-9-35(10-6-23(22)17-36)30(38)24-14-26(20-1-2-20)31-28(15-24)40-18-19-7-11-39-12-8-19/h3-4,13-15,19-20,22-23H,1-2,5-12,16-18H2,(H,32,33,34)/t22-,23+. The van der Waals surface area contributed by atoms with Crippen molar-refractivity contribution in [3.05, 3.63) is 47.2 Å². The molecule has 1 N–H and O–H groups in total. The van der Waals surface area contributed by atoms with Gasteiger partial charge in [0, 0.05) is 68.2 Å². The topological polar surface area (TPSA) is 114 Å². The number of likely N-dealkylation sites (tertiary alicyclic amines) is 2. The van der Waals surface area contributed by atoms with Gasteiger partial charge in [-0.3, -0.25) is 14.7 Å². The van der Waals surface area contributed by atoms with Crippen LogP contribution in [0.3, 0.4) is 0 Å². The predicted molar refractivity (Wildman–Crippen MR) is 147 cm³/mol. The molecule has 40 heavy (non-hydrogen) atoms. The highest BCUT2D eigenvalue weighted by atomic mass is 16.5. The Labute approximate surface area is 233 Å². The van der Waals surface area contributed by atoms with E-state index in [1.54, 1.807) is 0 Å². The number of hydrogen-bond donors (Lipinski definition) is 1. The zero-order chi connectivity index (χ0) is 27.1. The normalized spacial score (nSPS) is 23.7. The predicted octanol–water partition coefficient (Wildman–Crippen LogP) is 3.66. The minimum Gasteiger partial charge on any atom is -0.477 e. The number of pyridine rings is 1. The molecule has 1 aromatic carbocycles. The van der Waals surface area contributed by atoms with E-state index in [9.17, 15) is 9.59 Å². The smallest absolute Gasteiger partial charge is 0.254 e. The lowest BCUT2D eigenvalue weighted by Gasteiger charge is -2.24. The zero-order valence-electron chi connectivity index (χ0n) is 22.8. The Kier molecular flexibility index (Phi) is 6.87. The van der Waals surface area contributed by atoms with Crippen LogP contribution >= 0.6 is 0 Å². The molecule has 4 aliphatic rings. The molecular formula is C30H36N6O4. The van der Waals surface area contributed by atoms with E-state index in [-0.39, 0.29) is 11.8 Å². The lowest BCUT2D eigenvalue weighted by molar-refractivity contribution is 0.0490. The first-order valence-corrected chi connectivity index (χ1v) is 14.7. The highest BCUT2D eigenvalue weighted by Crippen LogP contribution is 2.40. The summed E-state index contributed by atoms with van der Waals surface area (Å²) in [5.74, 6) is 2.39. The molecular weight excluding hydrogens is 508 g/mol. The fourth-order valence-electron chi connectivity index (χ4n) is 6.48. The summed E-state index contributed by atoms with van der Waals surface area (Å²) < 4.78 is 11.6. The lowest BCUT2D eigenvalue weighted by atomic mass is 9.92. The zero-order valence-corrected chi connectivity index (χ0v) is 22.8. The van der Waals surface area contributed by atoms with Crippen molar-refractivity contribution < 1.29 is 19.1 Å². The van der Waals surface area contributed by atoms with E-state index in [1.807, 2.05) is 40.1 Å². The van der Waals surface area contributed by atoms with Crippen LogP contribution in [0.15, 0.2) is 30.3 Å². The molecule has 3 saturated heterocycles. The van der Waals surface area contributed by atoms with Gasteiger partial charge in [-0.05, 0) is 80.5 Å². The number of fused-ring (bicyclic) bond motifs is 2. The second-order valence-electron chi connectivity index (χ2n) is 11.9. The van der Waals surface area contributed by atoms with Crippen LogP contribution in [0.25, 0.3) is 11.0 Å². The molecule has 3 aliphatic heterocycles. The third-order valence-electron chi connectivity index (χ3n) is 9.14. The van der Waals surface area contributed by atoms with Crippen LogP contribution in [0.4, 0.5) is 0 Å². The first-order valence-electron chi connectivity index (χ1n) is 14.7. The molecule has 7 rings (SSSR count). The summed E-state index contributed by atoms with van der Waals surface area (Å²) in [5, 5.41) is 10.7. The summed E-state index contributed by atoms with van der Waals surface area (Å²) in [5.41, 5.74) is 3.84. The fourth-order valence-corrected chi connectivity index (χ4v) is 6.48. The summed E-state index contributed by atoms with van der Waals surface area (Å²) >= 11 is 0. The molecule has 0 spiro atoms. The van der Waals surface area contributed by atoms with Crippen LogP contribution in [0.1, 0.15) is 70.9 Å². The molecule has 10 nitrogen and oxygen atoms in total. The average molecular weight is 545 g/mol. The van der Waals surface area contributed by atoms with Crippen molar-refractivity contribution in [3.63, 3.8) is 0 Å². The Bertz CT molecular complexity index is 1380. The third-order valence-corrected chi connectivity index (χ3v) is 9.14. The number of nitrogens with zero attached hydrogens (tertiary/aromatic N) is 5. The molecule has 10 heteroatoms. The highest BCUT2D eigenvalue weighted by Gasteiger charge is 2.38. The molecule has 210 valence electrons. The summed E-state index contributed by atoms with van der Waals surface area (Å²) in [6.45, 7) is 5.05. The number of benzene rings is 1. The van der Waals surface area contributed by atoms with Gasteiger partial charge in [-0.1, -0.05) is 5.21 Å². The van der Waals surface area contributed by atoms with E-state index in [1.165, 1.54) is 0 Å². The molecule has 0 bridgehead atoms. The van der Waals surface area contributed by atoms with Crippen molar-refractivity contribution in [2.45, 2.75) is 44.4 Å². The maximum absolute atomic E-state index is 13.7. The molecule has 3 aromatic rings. The number of amides is 2. The molecule has 2 atom stereocenters. The van der Waals surface area contributed by atoms with Gasteiger partial charge in [0.2, 0.25) is 5.88 Å². The summed E-state index contributed by atoms with van der Waals surface area (Å²) in [6, 6.07) is 9.33. The molecule has 0 unspecified atom stereocenters. The van der Waals surface area contributed by atoms with Gasteiger partial charge in [-0.2, -0.15) is 0 Å². The van der Waals surface area contributed by atoms with Gasteiger partial charge in [-0.25, -0.2) is 4.98 Å². The van der Waals surface area contributed by atoms with Crippen LogP contribution in [0.2, 0.25) is 0 Å². The number of nitrogens with one attached hydrogen (secondary N) is 1. The Morgan fingerprint density at radius 2 is 1.65 bits per heavy atom. The fraction of sp³-hybridized carbons (Fsp3) is 0.567. The minimum absolute atomic E-state index is 0.0450. The monoisotopic (exact) mass is 544 g/mol. The van der Waals surface area contributed by atoms with Crippen LogP contribution in [0, 0.1) is 17.8 Å². The van der Waals surface area contributed by atoms with Crippen molar-refractivity contribution in [3.8, 4) is 5.88 Å². The van der Waals surface area contributed by atoms with E-state index in [0.717, 1.165) is 76.0 Å². The second-order valence-corrected chi connectivity index (χ2v) is 11.9.